The molecule has 6 N–H and O–H groups in total. The van der Waals surface area contributed by atoms with Gasteiger partial charge in [0.15, 0.2) is 17.8 Å². The number of hydrogen-bond acceptors (Lipinski definition) is 10. The van der Waals surface area contributed by atoms with Gasteiger partial charge in [-0.05, 0) is 47.9 Å². The van der Waals surface area contributed by atoms with Gasteiger partial charge in [0.1, 0.15) is 36.8 Å². The summed E-state index contributed by atoms with van der Waals surface area (Å²) in [5, 5.41) is 58.6. The van der Waals surface area contributed by atoms with Crippen molar-refractivity contribution in [1.29, 1.82) is 0 Å². The van der Waals surface area contributed by atoms with Crippen LogP contribution < -0.4 is 0 Å². The number of benzene rings is 2. The summed E-state index contributed by atoms with van der Waals surface area (Å²) in [4.78, 5) is 12.0. The molecule has 0 amide bonds. The van der Waals surface area contributed by atoms with Gasteiger partial charge in [-0.1, -0.05) is 18.2 Å². The molecule has 2 aromatic carbocycles. The van der Waals surface area contributed by atoms with Crippen LogP contribution in [0, 0.1) is 0 Å². The monoisotopic (exact) mass is 462 g/mol. The van der Waals surface area contributed by atoms with Crippen molar-refractivity contribution in [2.75, 3.05) is 13.2 Å². The molecule has 0 radical (unpaired) electrons. The third-order valence-corrected chi connectivity index (χ3v) is 5.08. The number of aliphatic hydroxyl groups is 3. The number of phenols is 3. The fraction of sp³-hybridized carbons (Fsp3) is 0.348. The average Bonchev–Trinajstić information content (AvgIpc) is 2.80. The first-order chi connectivity index (χ1) is 15.7. The van der Waals surface area contributed by atoms with Gasteiger partial charge in [0.05, 0.1) is 6.61 Å². The topological polar surface area (TPSA) is 166 Å². The van der Waals surface area contributed by atoms with Crippen LogP contribution in [0.3, 0.4) is 0 Å². The van der Waals surface area contributed by atoms with Crippen molar-refractivity contribution < 1.29 is 49.6 Å². The van der Waals surface area contributed by atoms with Gasteiger partial charge in [0.2, 0.25) is 0 Å². The van der Waals surface area contributed by atoms with Crippen molar-refractivity contribution in [1.82, 2.24) is 0 Å². The minimum absolute atomic E-state index is 0.0383. The number of esters is 1. The number of carbonyl (C=O) groups is 1. The van der Waals surface area contributed by atoms with Gasteiger partial charge < -0.3 is 44.8 Å². The molecule has 1 fully saturated rings. The van der Waals surface area contributed by atoms with Crippen LogP contribution in [0.1, 0.15) is 11.1 Å². The second-order valence-electron chi connectivity index (χ2n) is 7.51. The lowest BCUT2D eigenvalue weighted by atomic mass is 9.99. The summed E-state index contributed by atoms with van der Waals surface area (Å²) in [6.07, 6.45) is -4.11. The summed E-state index contributed by atoms with van der Waals surface area (Å²) >= 11 is 0. The average molecular weight is 462 g/mol. The maximum Gasteiger partial charge on any atom is 0.330 e. The van der Waals surface area contributed by atoms with Crippen molar-refractivity contribution in [3.8, 4) is 17.2 Å². The van der Waals surface area contributed by atoms with E-state index in [2.05, 4.69) is 0 Å². The molecular formula is C23H26O10. The quantitative estimate of drug-likeness (QED) is 0.184. The Hall–Kier alpha value is -3.15. The second-order valence-corrected chi connectivity index (χ2v) is 7.51. The summed E-state index contributed by atoms with van der Waals surface area (Å²) < 4.78 is 16.0. The van der Waals surface area contributed by atoms with E-state index in [1.54, 1.807) is 18.2 Å². The molecule has 0 spiro atoms. The van der Waals surface area contributed by atoms with Gasteiger partial charge in [-0.15, -0.1) is 0 Å². The van der Waals surface area contributed by atoms with Crippen LogP contribution in [0.5, 0.6) is 17.2 Å². The molecular weight excluding hydrogens is 436 g/mol. The Bertz CT molecular complexity index is 958. The molecule has 33 heavy (non-hydrogen) atoms. The van der Waals surface area contributed by atoms with Crippen molar-refractivity contribution in [3.63, 3.8) is 0 Å². The Morgan fingerprint density at radius 2 is 1.67 bits per heavy atom. The minimum atomic E-state index is -1.59. The Kier molecular flexibility index (Phi) is 8.26. The lowest BCUT2D eigenvalue weighted by molar-refractivity contribution is -0.301. The van der Waals surface area contributed by atoms with Crippen LogP contribution in [-0.2, 0) is 25.4 Å². The molecule has 5 unspecified atom stereocenters. The third-order valence-electron chi connectivity index (χ3n) is 5.08. The molecule has 0 aliphatic carbocycles. The lowest BCUT2D eigenvalue weighted by Gasteiger charge is -2.39. The van der Waals surface area contributed by atoms with E-state index in [0.29, 0.717) is 17.5 Å². The van der Waals surface area contributed by atoms with Crippen molar-refractivity contribution in [2.45, 2.75) is 37.1 Å². The van der Waals surface area contributed by atoms with Crippen molar-refractivity contribution in [2.24, 2.45) is 0 Å². The zero-order valence-electron chi connectivity index (χ0n) is 17.5. The van der Waals surface area contributed by atoms with Crippen LogP contribution in [0.15, 0.2) is 48.5 Å². The smallest absolute Gasteiger partial charge is 0.330 e. The molecule has 1 aliphatic heterocycles. The molecule has 10 nitrogen and oxygen atoms in total. The van der Waals surface area contributed by atoms with E-state index in [1.807, 2.05) is 0 Å². The van der Waals surface area contributed by atoms with E-state index in [4.69, 9.17) is 14.2 Å². The summed E-state index contributed by atoms with van der Waals surface area (Å²) in [5.74, 6) is -1.15. The normalized spacial score (nSPS) is 25.2. The predicted octanol–water partition coefficient (Wildman–Crippen LogP) is 0.427. The number of carbonyl (C=O) groups excluding carboxylic acids is 1. The molecule has 1 heterocycles. The van der Waals surface area contributed by atoms with Gasteiger partial charge in [0, 0.05) is 6.08 Å². The maximum absolute atomic E-state index is 12.0. The lowest BCUT2D eigenvalue weighted by Crippen LogP contribution is -2.59. The molecule has 178 valence electrons. The van der Waals surface area contributed by atoms with Crippen LogP contribution in [-0.4, -0.2) is 80.5 Å². The highest BCUT2D eigenvalue weighted by atomic mass is 16.7. The Labute approximate surface area is 189 Å². The second kappa shape index (κ2) is 11.1. The molecule has 0 aromatic heterocycles. The van der Waals surface area contributed by atoms with Crippen LogP contribution in [0.4, 0.5) is 0 Å². The number of ether oxygens (including phenoxy) is 3. The molecule has 0 saturated carbocycles. The molecule has 0 bridgehead atoms. The Balaban J connectivity index is 1.50. The van der Waals surface area contributed by atoms with Crippen LogP contribution in [0.2, 0.25) is 0 Å². The van der Waals surface area contributed by atoms with Gasteiger partial charge in [-0.3, -0.25) is 0 Å². The first kappa shape index (κ1) is 24.5. The highest BCUT2D eigenvalue weighted by Crippen LogP contribution is 2.26. The van der Waals surface area contributed by atoms with Gasteiger partial charge in [-0.25, -0.2) is 4.79 Å². The summed E-state index contributed by atoms with van der Waals surface area (Å²) in [6, 6.07) is 10.4. The summed E-state index contributed by atoms with van der Waals surface area (Å²) in [6.45, 7) is -0.355. The van der Waals surface area contributed by atoms with E-state index in [-0.39, 0.29) is 23.9 Å². The molecule has 1 saturated heterocycles. The molecule has 3 rings (SSSR count). The highest BCUT2D eigenvalue weighted by Gasteiger charge is 2.44. The van der Waals surface area contributed by atoms with Gasteiger partial charge in [0.25, 0.3) is 0 Å². The number of aromatic hydroxyl groups is 3. The first-order valence-electron chi connectivity index (χ1n) is 10.2. The molecule has 5 atom stereocenters. The summed E-state index contributed by atoms with van der Waals surface area (Å²) in [5.41, 5.74) is 1.31. The fourth-order valence-electron chi connectivity index (χ4n) is 3.17. The number of aliphatic hydroxyl groups excluding tert-OH is 3. The number of rotatable bonds is 8. The van der Waals surface area contributed by atoms with E-state index >= 15 is 0 Å². The summed E-state index contributed by atoms with van der Waals surface area (Å²) in [7, 11) is 0. The first-order valence-corrected chi connectivity index (χ1v) is 10.2. The van der Waals surface area contributed by atoms with Crippen molar-refractivity contribution in [3.05, 3.63) is 59.7 Å². The standard InChI is InChI=1S/C23H26O10/c24-15-5-1-13(2-6-15)4-8-19(27)32-12-18-20(28)21(29)22(30)23(33-18)31-10-9-14-3-7-16(25)17(26)11-14/h1-8,11,18,20-26,28-30H,9-10,12H2. The largest absolute Gasteiger partial charge is 0.508 e. The zero-order valence-corrected chi connectivity index (χ0v) is 17.5. The molecule has 10 heteroatoms. The van der Waals surface area contributed by atoms with Gasteiger partial charge in [-0.2, -0.15) is 0 Å². The van der Waals surface area contributed by atoms with Crippen LogP contribution >= 0.6 is 0 Å². The fourth-order valence-corrected chi connectivity index (χ4v) is 3.17. The maximum atomic E-state index is 12.0. The van der Waals surface area contributed by atoms with Crippen LogP contribution in [0.25, 0.3) is 6.08 Å². The zero-order chi connectivity index (χ0) is 24.0. The highest BCUT2D eigenvalue weighted by molar-refractivity contribution is 5.87. The molecule has 2 aromatic rings. The van der Waals surface area contributed by atoms with Gasteiger partial charge >= 0.3 is 5.97 Å². The number of hydrogen-bond donors (Lipinski definition) is 6. The Morgan fingerprint density at radius 1 is 0.939 bits per heavy atom. The molecule has 1 aliphatic rings. The third kappa shape index (κ3) is 6.67. The Morgan fingerprint density at radius 3 is 2.36 bits per heavy atom. The SMILES string of the molecule is O=C(C=Cc1ccc(O)cc1)OCC1OC(OCCc2ccc(O)c(O)c2)C(O)C(O)C1O. The van der Waals surface area contributed by atoms with E-state index in [0.717, 1.165) is 6.08 Å². The van der Waals surface area contributed by atoms with E-state index in [9.17, 15) is 35.4 Å². The van der Waals surface area contributed by atoms with E-state index < -0.39 is 43.3 Å². The van der Waals surface area contributed by atoms with E-state index in [1.165, 1.54) is 30.3 Å². The van der Waals surface area contributed by atoms with Crippen molar-refractivity contribution >= 4 is 12.0 Å². The minimum Gasteiger partial charge on any atom is -0.508 e. The number of phenolic OH excluding ortho intramolecular Hbond substituents is 3. The predicted molar refractivity (Wildman–Crippen MR) is 114 cm³/mol.